The largest absolute Gasteiger partial charge is 0.449 e. The highest BCUT2D eigenvalue weighted by Gasteiger charge is 2.18. The summed E-state index contributed by atoms with van der Waals surface area (Å²) in [5, 5.41) is 1.01. The fourth-order valence-electron chi connectivity index (χ4n) is 1.97. The molecule has 3 rings (SSSR count). The molecule has 0 aliphatic heterocycles. The predicted octanol–water partition coefficient (Wildman–Crippen LogP) is 2.71. The second kappa shape index (κ2) is 6.04. The van der Waals surface area contributed by atoms with Gasteiger partial charge in [-0.1, -0.05) is 41.9 Å². The van der Waals surface area contributed by atoms with Crippen LogP contribution in [0.4, 0.5) is 0 Å². The van der Waals surface area contributed by atoms with Gasteiger partial charge < -0.3 is 4.42 Å². The van der Waals surface area contributed by atoms with E-state index in [1.807, 2.05) is 4.83 Å². The lowest BCUT2D eigenvalue weighted by molar-refractivity contribution is 0.0919. The molecule has 23 heavy (non-hydrogen) atoms. The average molecular weight is 351 g/mol. The number of hydrazine groups is 1. The van der Waals surface area contributed by atoms with Crippen molar-refractivity contribution >= 4 is 38.5 Å². The Balaban J connectivity index is 1.78. The van der Waals surface area contributed by atoms with E-state index >= 15 is 0 Å². The third-order valence-corrected chi connectivity index (χ3v) is 4.63. The Bertz CT molecular complexity index is 968. The number of carbonyl (C=O) groups is 1. The van der Waals surface area contributed by atoms with Gasteiger partial charge in [0.25, 0.3) is 10.0 Å². The quantitative estimate of drug-likeness (QED) is 0.708. The lowest BCUT2D eigenvalue weighted by Crippen LogP contribution is -2.41. The SMILES string of the molecule is O=C(NNS(=O)(=O)c1ccccc1)c1cc2cccc(Cl)c2o1. The molecule has 0 atom stereocenters. The van der Waals surface area contributed by atoms with Gasteiger partial charge in [-0.15, -0.1) is 4.83 Å². The molecule has 8 heteroatoms. The van der Waals surface area contributed by atoms with Gasteiger partial charge in [0.15, 0.2) is 11.3 Å². The third-order valence-electron chi connectivity index (χ3n) is 3.07. The number of hydrogen-bond donors (Lipinski definition) is 2. The third kappa shape index (κ3) is 3.21. The molecular weight excluding hydrogens is 340 g/mol. The zero-order chi connectivity index (χ0) is 16.4. The minimum atomic E-state index is -3.85. The zero-order valence-electron chi connectivity index (χ0n) is 11.6. The summed E-state index contributed by atoms with van der Waals surface area (Å²) in [4.78, 5) is 14.1. The van der Waals surface area contributed by atoms with Crippen LogP contribution >= 0.6 is 11.6 Å². The molecule has 6 nitrogen and oxygen atoms in total. The van der Waals surface area contributed by atoms with E-state index in [0.29, 0.717) is 16.0 Å². The Morgan fingerprint density at radius 2 is 1.78 bits per heavy atom. The molecule has 0 saturated carbocycles. The molecule has 0 aliphatic rings. The Hall–Kier alpha value is -2.35. The van der Waals surface area contributed by atoms with E-state index in [9.17, 15) is 13.2 Å². The second-order valence-electron chi connectivity index (χ2n) is 4.64. The van der Waals surface area contributed by atoms with Crippen molar-refractivity contribution in [2.75, 3.05) is 0 Å². The summed E-state index contributed by atoms with van der Waals surface area (Å²) < 4.78 is 29.4. The van der Waals surface area contributed by atoms with Crippen molar-refractivity contribution in [1.82, 2.24) is 10.3 Å². The van der Waals surface area contributed by atoms with Crippen LogP contribution < -0.4 is 10.3 Å². The highest BCUT2D eigenvalue weighted by molar-refractivity contribution is 7.89. The lowest BCUT2D eigenvalue weighted by Gasteiger charge is -2.06. The molecule has 0 fully saturated rings. The molecule has 0 bridgehead atoms. The second-order valence-corrected chi connectivity index (χ2v) is 6.73. The minimum Gasteiger partial charge on any atom is -0.449 e. The molecule has 2 aromatic carbocycles. The highest BCUT2D eigenvalue weighted by Crippen LogP contribution is 2.26. The lowest BCUT2D eigenvalue weighted by atomic mass is 10.2. The number of halogens is 1. The number of sulfonamides is 1. The first-order chi connectivity index (χ1) is 11.0. The van der Waals surface area contributed by atoms with Crippen LogP contribution in [-0.2, 0) is 10.0 Å². The topological polar surface area (TPSA) is 88.4 Å². The van der Waals surface area contributed by atoms with Gasteiger partial charge in [0.2, 0.25) is 0 Å². The monoisotopic (exact) mass is 350 g/mol. The van der Waals surface area contributed by atoms with Gasteiger partial charge >= 0.3 is 5.91 Å². The number of benzene rings is 2. The number of carbonyl (C=O) groups excluding carboxylic acids is 1. The molecule has 0 aliphatic carbocycles. The summed E-state index contributed by atoms with van der Waals surface area (Å²) in [6.45, 7) is 0. The first-order valence-corrected chi connectivity index (χ1v) is 8.39. The summed E-state index contributed by atoms with van der Waals surface area (Å²) in [6.07, 6.45) is 0. The van der Waals surface area contributed by atoms with E-state index in [0.717, 1.165) is 0 Å². The fraction of sp³-hybridized carbons (Fsp3) is 0. The maximum atomic E-state index is 12.0. The van der Waals surface area contributed by atoms with Crippen LogP contribution in [0.1, 0.15) is 10.6 Å². The number of nitrogens with one attached hydrogen (secondary N) is 2. The van der Waals surface area contributed by atoms with Crippen LogP contribution in [-0.4, -0.2) is 14.3 Å². The van der Waals surface area contributed by atoms with Crippen molar-refractivity contribution in [3.8, 4) is 0 Å². The average Bonchev–Trinajstić information content (AvgIpc) is 2.99. The van der Waals surface area contributed by atoms with Gasteiger partial charge in [-0.3, -0.25) is 10.2 Å². The fourth-order valence-corrected chi connectivity index (χ4v) is 3.05. The van der Waals surface area contributed by atoms with Gasteiger partial charge in [0.05, 0.1) is 9.92 Å². The number of rotatable bonds is 4. The molecule has 0 spiro atoms. The maximum absolute atomic E-state index is 12.0. The Labute approximate surface area is 137 Å². The van der Waals surface area contributed by atoms with Crippen LogP contribution in [0, 0.1) is 0 Å². The Morgan fingerprint density at radius 1 is 1.04 bits per heavy atom. The zero-order valence-corrected chi connectivity index (χ0v) is 13.2. The van der Waals surface area contributed by atoms with Crippen LogP contribution in [0.3, 0.4) is 0 Å². The normalized spacial score (nSPS) is 11.5. The summed E-state index contributed by atoms with van der Waals surface area (Å²) in [7, 11) is -3.85. The van der Waals surface area contributed by atoms with E-state index in [-0.39, 0.29) is 10.7 Å². The van der Waals surface area contributed by atoms with Gasteiger partial charge in [-0.25, -0.2) is 8.42 Å². The van der Waals surface area contributed by atoms with Crippen LogP contribution in [0.15, 0.2) is 63.9 Å². The number of hydrogen-bond acceptors (Lipinski definition) is 4. The van der Waals surface area contributed by atoms with Gasteiger partial charge in [0, 0.05) is 5.39 Å². The molecule has 2 N–H and O–H groups in total. The molecular formula is C15H11ClN2O4S. The molecule has 1 heterocycles. The van der Waals surface area contributed by atoms with E-state index < -0.39 is 15.9 Å². The van der Waals surface area contributed by atoms with E-state index in [1.54, 1.807) is 36.4 Å². The van der Waals surface area contributed by atoms with Crippen molar-refractivity contribution in [2.45, 2.75) is 4.90 Å². The van der Waals surface area contributed by atoms with Crippen LogP contribution in [0.2, 0.25) is 5.02 Å². The molecule has 1 aromatic heterocycles. The van der Waals surface area contributed by atoms with Gasteiger partial charge in [-0.2, -0.15) is 0 Å². The van der Waals surface area contributed by atoms with Crippen molar-refractivity contribution < 1.29 is 17.6 Å². The van der Waals surface area contributed by atoms with E-state index in [4.69, 9.17) is 16.0 Å². The maximum Gasteiger partial charge on any atom is 0.301 e. The molecule has 0 unspecified atom stereocenters. The first-order valence-electron chi connectivity index (χ1n) is 6.52. The molecule has 3 aromatic rings. The van der Waals surface area contributed by atoms with E-state index in [1.165, 1.54) is 18.2 Å². The molecule has 118 valence electrons. The number of para-hydroxylation sites is 1. The number of furan rings is 1. The Morgan fingerprint density at radius 3 is 2.48 bits per heavy atom. The number of fused-ring (bicyclic) bond motifs is 1. The number of amides is 1. The van der Waals surface area contributed by atoms with Crippen LogP contribution in [0.25, 0.3) is 11.0 Å². The highest BCUT2D eigenvalue weighted by atomic mass is 35.5. The smallest absolute Gasteiger partial charge is 0.301 e. The van der Waals surface area contributed by atoms with Gasteiger partial charge in [0.1, 0.15) is 0 Å². The van der Waals surface area contributed by atoms with Crippen molar-refractivity contribution in [3.63, 3.8) is 0 Å². The Kier molecular flexibility index (Phi) is 4.08. The summed E-state index contributed by atoms with van der Waals surface area (Å²) >= 11 is 5.97. The summed E-state index contributed by atoms with van der Waals surface area (Å²) in [6, 6.07) is 14.2. The summed E-state index contributed by atoms with van der Waals surface area (Å²) in [5.74, 6) is -0.777. The van der Waals surface area contributed by atoms with E-state index in [2.05, 4.69) is 5.43 Å². The van der Waals surface area contributed by atoms with Gasteiger partial charge in [-0.05, 0) is 24.3 Å². The van der Waals surface area contributed by atoms with Crippen molar-refractivity contribution in [2.24, 2.45) is 0 Å². The van der Waals surface area contributed by atoms with Crippen LogP contribution in [0.5, 0.6) is 0 Å². The minimum absolute atomic E-state index is 0.0351. The molecule has 1 amide bonds. The molecule has 0 radical (unpaired) electrons. The summed E-state index contributed by atoms with van der Waals surface area (Å²) in [5.41, 5.74) is 2.47. The standard InChI is InChI=1S/C15H11ClN2O4S/c16-12-8-4-5-10-9-13(22-14(10)12)15(19)17-18-23(20,21)11-6-2-1-3-7-11/h1-9,18H,(H,17,19). The predicted molar refractivity (Wildman–Crippen MR) is 85.5 cm³/mol. The van der Waals surface area contributed by atoms with Crippen molar-refractivity contribution in [3.05, 3.63) is 65.4 Å². The molecule has 0 saturated heterocycles. The van der Waals surface area contributed by atoms with Crippen molar-refractivity contribution in [1.29, 1.82) is 0 Å². The first kappa shape index (κ1) is 15.5.